The van der Waals surface area contributed by atoms with Gasteiger partial charge >= 0.3 is 0 Å². The fourth-order valence-corrected chi connectivity index (χ4v) is 2.55. The van der Waals surface area contributed by atoms with Gasteiger partial charge in [0.1, 0.15) is 11.6 Å². The van der Waals surface area contributed by atoms with Crippen molar-refractivity contribution in [2.24, 2.45) is 11.8 Å². The number of hydrogen-bond donors (Lipinski definition) is 2. The summed E-state index contributed by atoms with van der Waals surface area (Å²) in [4.78, 5) is 4.45. The van der Waals surface area contributed by atoms with Crippen LogP contribution >= 0.6 is 0 Å². The van der Waals surface area contributed by atoms with E-state index in [4.69, 9.17) is 0 Å². The molecular formula is C10H16N4. The third-order valence-electron chi connectivity index (χ3n) is 3.45. The lowest BCUT2D eigenvalue weighted by molar-refractivity contribution is 0.443. The zero-order valence-corrected chi connectivity index (χ0v) is 8.45. The Morgan fingerprint density at radius 3 is 2.79 bits per heavy atom. The molecule has 0 radical (unpaired) electrons. The maximum Gasteiger partial charge on any atom is 0.147 e. The van der Waals surface area contributed by atoms with Gasteiger partial charge in [0.25, 0.3) is 0 Å². The van der Waals surface area contributed by atoms with Crippen LogP contribution in [0.1, 0.15) is 30.4 Å². The van der Waals surface area contributed by atoms with Crippen molar-refractivity contribution < 1.29 is 0 Å². The highest BCUT2D eigenvalue weighted by atomic mass is 15.2. The summed E-state index contributed by atoms with van der Waals surface area (Å²) in [7, 11) is 0. The number of H-pyrrole nitrogens is 1. The fourth-order valence-electron chi connectivity index (χ4n) is 2.55. The quantitative estimate of drug-likeness (QED) is 0.729. The van der Waals surface area contributed by atoms with Crippen molar-refractivity contribution in [3.8, 4) is 0 Å². The second-order valence-corrected chi connectivity index (χ2v) is 4.53. The number of aromatic nitrogens is 3. The van der Waals surface area contributed by atoms with Crippen LogP contribution in [0.3, 0.4) is 0 Å². The molecule has 2 N–H and O–H groups in total. The normalized spacial score (nSPS) is 32.4. The first-order valence-corrected chi connectivity index (χ1v) is 5.44. The number of aromatic amines is 1. The van der Waals surface area contributed by atoms with Gasteiger partial charge in [-0.25, -0.2) is 4.98 Å². The van der Waals surface area contributed by atoms with Crippen LogP contribution in [-0.4, -0.2) is 28.3 Å². The highest BCUT2D eigenvalue weighted by Gasteiger charge is 2.41. The summed E-state index contributed by atoms with van der Waals surface area (Å²) in [6, 6.07) is 0. The molecule has 0 spiro atoms. The monoisotopic (exact) mass is 192 g/mol. The summed E-state index contributed by atoms with van der Waals surface area (Å²) >= 11 is 0. The molecule has 76 valence electrons. The Kier molecular flexibility index (Phi) is 1.83. The molecule has 0 aromatic carbocycles. The lowest BCUT2D eigenvalue weighted by Gasteiger charge is -2.14. The molecule has 2 atom stereocenters. The molecule has 2 fully saturated rings. The molecule has 2 heterocycles. The summed E-state index contributed by atoms with van der Waals surface area (Å²) < 4.78 is 0. The first-order valence-electron chi connectivity index (χ1n) is 5.44. The third-order valence-corrected chi connectivity index (χ3v) is 3.45. The zero-order valence-electron chi connectivity index (χ0n) is 8.45. The van der Waals surface area contributed by atoms with E-state index in [1.165, 1.54) is 12.8 Å². The predicted octanol–water partition coefficient (Wildman–Crippen LogP) is 0.826. The Bertz CT molecular complexity index is 329. The van der Waals surface area contributed by atoms with E-state index >= 15 is 0 Å². The van der Waals surface area contributed by atoms with Gasteiger partial charge in [-0.15, -0.1) is 0 Å². The van der Waals surface area contributed by atoms with Gasteiger partial charge in [0.05, 0.1) is 0 Å². The van der Waals surface area contributed by atoms with Gasteiger partial charge in [0.2, 0.25) is 0 Å². The van der Waals surface area contributed by atoms with Crippen molar-refractivity contribution in [1.29, 1.82) is 0 Å². The van der Waals surface area contributed by atoms with Crippen LogP contribution in [-0.2, 0) is 0 Å². The number of aryl methyl sites for hydroxylation is 1. The average Bonchev–Trinajstić information content (AvgIpc) is 2.75. The van der Waals surface area contributed by atoms with Crippen LogP contribution < -0.4 is 5.32 Å². The molecule has 1 aromatic heterocycles. The third kappa shape index (κ3) is 1.34. The van der Waals surface area contributed by atoms with E-state index in [2.05, 4.69) is 20.5 Å². The Balaban J connectivity index is 1.82. The summed E-state index contributed by atoms with van der Waals surface area (Å²) in [6.07, 6.45) is 2.83. The Morgan fingerprint density at radius 2 is 2.14 bits per heavy atom. The highest BCUT2D eigenvalue weighted by Crippen LogP contribution is 2.44. The molecule has 4 heteroatoms. The molecule has 0 amide bonds. The van der Waals surface area contributed by atoms with E-state index in [0.29, 0.717) is 5.92 Å². The molecule has 1 aliphatic heterocycles. The maximum absolute atomic E-state index is 4.45. The Morgan fingerprint density at radius 1 is 1.29 bits per heavy atom. The van der Waals surface area contributed by atoms with Crippen LogP contribution in [0.15, 0.2) is 0 Å². The number of rotatable bonds is 2. The molecule has 1 saturated carbocycles. The van der Waals surface area contributed by atoms with Gasteiger partial charge in [0.15, 0.2) is 0 Å². The largest absolute Gasteiger partial charge is 0.316 e. The van der Waals surface area contributed by atoms with Gasteiger partial charge in [-0.2, -0.15) is 5.10 Å². The van der Waals surface area contributed by atoms with Crippen molar-refractivity contribution in [3.63, 3.8) is 0 Å². The van der Waals surface area contributed by atoms with Crippen LogP contribution in [0.25, 0.3) is 0 Å². The van der Waals surface area contributed by atoms with Gasteiger partial charge in [0, 0.05) is 12.5 Å². The molecule has 3 rings (SSSR count). The van der Waals surface area contributed by atoms with E-state index in [-0.39, 0.29) is 0 Å². The van der Waals surface area contributed by atoms with E-state index in [1.54, 1.807) is 0 Å². The molecule has 0 bridgehead atoms. The number of hydrogen-bond acceptors (Lipinski definition) is 3. The number of nitrogens with zero attached hydrogens (tertiary/aromatic N) is 2. The number of nitrogens with one attached hydrogen (secondary N) is 2. The second-order valence-electron chi connectivity index (χ2n) is 4.53. The Labute approximate surface area is 83.5 Å². The summed E-state index contributed by atoms with van der Waals surface area (Å²) in [5.41, 5.74) is 0. The maximum atomic E-state index is 4.45. The molecule has 1 saturated heterocycles. The molecule has 4 nitrogen and oxygen atoms in total. The molecular weight excluding hydrogens is 176 g/mol. The first-order chi connectivity index (χ1) is 6.84. The smallest absolute Gasteiger partial charge is 0.147 e. The van der Waals surface area contributed by atoms with Crippen LogP contribution in [0.4, 0.5) is 0 Å². The molecule has 0 unspecified atom stereocenters. The average molecular weight is 192 g/mol. The van der Waals surface area contributed by atoms with Crippen LogP contribution in [0.2, 0.25) is 0 Å². The van der Waals surface area contributed by atoms with Gasteiger partial charge < -0.3 is 5.32 Å². The molecule has 2 aliphatic rings. The summed E-state index contributed by atoms with van der Waals surface area (Å²) in [5, 5.41) is 10.6. The minimum atomic E-state index is 0.573. The molecule has 14 heavy (non-hydrogen) atoms. The predicted molar refractivity (Wildman–Crippen MR) is 52.9 cm³/mol. The van der Waals surface area contributed by atoms with Crippen molar-refractivity contribution in [2.45, 2.75) is 25.7 Å². The fraction of sp³-hybridized carbons (Fsp3) is 0.800. The van der Waals surface area contributed by atoms with E-state index < -0.39 is 0 Å². The highest BCUT2D eigenvalue weighted by molar-refractivity contribution is 5.07. The Hall–Kier alpha value is -0.900. The van der Waals surface area contributed by atoms with Gasteiger partial charge in [-0.1, -0.05) is 0 Å². The minimum Gasteiger partial charge on any atom is -0.316 e. The zero-order chi connectivity index (χ0) is 9.54. The van der Waals surface area contributed by atoms with Gasteiger partial charge in [-0.05, 0) is 38.1 Å². The molecule has 1 aliphatic carbocycles. The van der Waals surface area contributed by atoms with E-state index in [1.807, 2.05) is 6.92 Å². The standard InChI is InChI=1S/C10H16N4/c1-6-12-10(14-13-6)9-5-11-4-8(9)7-2-3-7/h7-9,11H,2-5H2,1H3,(H,12,13,14)/t8-,9+/m0/s1. The first kappa shape index (κ1) is 8.41. The van der Waals surface area contributed by atoms with Crippen molar-refractivity contribution >= 4 is 0 Å². The lowest BCUT2D eigenvalue weighted by atomic mass is 9.91. The molecule has 1 aromatic rings. The van der Waals surface area contributed by atoms with Crippen molar-refractivity contribution in [2.75, 3.05) is 13.1 Å². The van der Waals surface area contributed by atoms with Crippen LogP contribution in [0.5, 0.6) is 0 Å². The summed E-state index contributed by atoms with van der Waals surface area (Å²) in [5.74, 6) is 4.26. The minimum absolute atomic E-state index is 0.573. The second kappa shape index (κ2) is 3.05. The van der Waals surface area contributed by atoms with Crippen molar-refractivity contribution in [3.05, 3.63) is 11.6 Å². The summed E-state index contributed by atoms with van der Waals surface area (Å²) in [6.45, 7) is 4.17. The van der Waals surface area contributed by atoms with E-state index in [9.17, 15) is 0 Å². The van der Waals surface area contributed by atoms with Crippen LogP contribution in [0, 0.1) is 18.8 Å². The lowest BCUT2D eigenvalue weighted by Crippen LogP contribution is -2.14. The van der Waals surface area contributed by atoms with Crippen molar-refractivity contribution in [1.82, 2.24) is 20.5 Å². The van der Waals surface area contributed by atoms with E-state index in [0.717, 1.165) is 36.6 Å². The topological polar surface area (TPSA) is 53.6 Å². The SMILES string of the molecule is Cc1n[nH]c([C@@H]2CNC[C@H]2C2CC2)n1. The van der Waals surface area contributed by atoms with Gasteiger partial charge in [-0.3, -0.25) is 5.10 Å².